The van der Waals surface area contributed by atoms with Gasteiger partial charge in [-0.15, -0.1) is 0 Å². The van der Waals surface area contributed by atoms with E-state index in [1.54, 1.807) is 12.1 Å². The van der Waals surface area contributed by atoms with Crippen LogP contribution in [0.15, 0.2) is 68.6 Å². The molecule has 0 fully saturated rings. The van der Waals surface area contributed by atoms with Crippen LogP contribution >= 0.6 is 0 Å². The monoisotopic (exact) mass is 491 g/mol. The number of hydrogen-bond donors (Lipinski definition) is 1. The fraction of sp³-hybridized carbons (Fsp3) is 0.435. The molecule has 0 aliphatic rings. The molecule has 2 rings (SSSR count). The summed E-state index contributed by atoms with van der Waals surface area (Å²) < 4.78 is 43.3. The van der Waals surface area contributed by atoms with E-state index in [1.165, 1.54) is 12.1 Å². The molecule has 0 aliphatic carbocycles. The lowest BCUT2D eigenvalue weighted by Gasteiger charge is -2.11. The third-order valence-corrected chi connectivity index (χ3v) is 5.95. The van der Waals surface area contributed by atoms with Crippen molar-refractivity contribution in [2.24, 2.45) is 15.2 Å². The van der Waals surface area contributed by atoms with E-state index in [1.807, 2.05) is 43.3 Å². The van der Waals surface area contributed by atoms with Gasteiger partial charge in [-0.05, 0) is 55.2 Å². The average Bonchev–Trinajstić information content (AvgIpc) is 2.84. The molecule has 0 radical (unpaired) electrons. The smallest absolute Gasteiger partial charge is 0.240 e. The first kappa shape index (κ1) is 27.5. The Morgan fingerprint density at radius 1 is 0.794 bits per heavy atom. The molecule has 0 unspecified atom stereocenters. The van der Waals surface area contributed by atoms with Crippen molar-refractivity contribution < 1.29 is 22.6 Å². The molecule has 10 nitrogen and oxygen atoms in total. The highest BCUT2D eigenvalue weighted by Gasteiger charge is 2.13. The number of nitrogens with one attached hydrogen (secondary N) is 1. The Labute approximate surface area is 201 Å². The topological polar surface area (TPSA) is 114 Å². The Kier molecular flexibility index (Phi) is 12.4. The number of sulfonamides is 1. The molecule has 2 aromatic carbocycles. The molecule has 0 aliphatic heterocycles. The first-order valence-corrected chi connectivity index (χ1v) is 12.4. The van der Waals surface area contributed by atoms with Gasteiger partial charge in [-0.1, -0.05) is 0 Å². The molecule has 0 saturated heterocycles. The summed E-state index contributed by atoms with van der Waals surface area (Å²) in [5.74, 6) is 0. The number of azo groups is 1. The predicted octanol–water partition coefficient (Wildman–Crippen LogP) is 3.20. The molecule has 0 saturated carbocycles. The van der Waals surface area contributed by atoms with E-state index in [0.29, 0.717) is 51.0 Å². The van der Waals surface area contributed by atoms with Crippen LogP contribution in [0.1, 0.15) is 0 Å². The van der Waals surface area contributed by atoms with Crippen LogP contribution in [-0.2, 0) is 24.2 Å². The molecular formula is C23H33N5O5S. The summed E-state index contributed by atoms with van der Waals surface area (Å²) in [6, 6.07) is 13.8. The van der Waals surface area contributed by atoms with Crippen molar-refractivity contribution in [1.29, 1.82) is 0 Å². The molecular weight excluding hydrogens is 458 g/mol. The van der Waals surface area contributed by atoms with Gasteiger partial charge in [0.25, 0.3) is 0 Å². The Morgan fingerprint density at radius 3 is 1.82 bits per heavy atom. The summed E-state index contributed by atoms with van der Waals surface area (Å²) in [5, 5.41) is 8.34. The van der Waals surface area contributed by atoms with E-state index >= 15 is 0 Å². The van der Waals surface area contributed by atoms with Crippen LogP contribution in [0, 0.1) is 0 Å². The van der Waals surface area contributed by atoms with Crippen molar-refractivity contribution in [3.05, 3.63) is 48.5 Å². The molecule has 34 heavy (non-hydrogen) atoms. The van der Waals surface area contributed by atoms with Gasteiger partial charge in [-0.25, -0.2) is 13.1 Å². The van der Waals surface area contributed by atoms with Crippen LogP contribution in [0.25, 0.3) is 0 Å². The zero-order valence-corrected chi connectivity index (χ0v) is 20.5. The first-order valence-electron chi connectivity index (χ1n) is 10.9. The minimum atomic E-state index is -3.64. The maximum atomic E-state index is 12.4. The van der Waals surface area contributed by atoms with Crippen molar-refractivity contribution in [1.82, 2.24) is 4.72 Å². The SMILES string of the molecule is C=NCCOCCOCCOCCNS(=O)(=O)c1ccc(N=Nc2ccc(N(C)C)cc2)cc1. The largest absolute Gasteiger partial charge is 0.378 e. The van der Waals surface area contributed by atoms with Gasteiger partial charge in [0.1, 0.15) is 0 Å². The van der Waals surface area contributed by atoms with Crippen LogP contribution in [0.3, 0.4) is 0 Å². The molecule has 0 aromatic heterocycles. The van der Waals surface area contributed by atoms with Crippen LogP contribution in [0.4, 0.5) is 17.1 Å². The lowest BCUT2D eigenvalue weighted by molar-refractivity contribution is 0.0172. The van der Waals surface area contributed by atoms with Crippen LogP contribution in [0.2, 0.25) is 0 Å². The Morgan fingerprint density at radius 2 is 1.29 bits per heavy atom. The molecule has 0 atom stereocenters. The van der Waals surface area contributed by atoms with Gasteiger partial charge < -0.3 is 19.1 Å². The standard InChI is InChI=1S/C23H33N5O5S/c1-24-12-14-31-16-18-33-19-17-32-15-13-25-34(29,30)23-10-6-21(7-11-23)27-26-20-4-8-22(9-5-20)28(2)3/h4-11,25H,1,12-19H2,2-3H3. The zero-order chi connectivity index (χ0) is 24.7. The Balaban J connectivity index is 1.67. The van der Waals surface area contributed by atoms with Gasteiger partial charge in [0.2, 0.25) is 10.0 Å². The minimum Gasteiger partial charge on any atom is -0.378 e. The van der Waals surface area contributed by atoms with Crippen molar-refractivity contribution >= 4 is 33.8 Å². The van der Waals surface area contributed by atoms with E-state index in [0.717, 1.165) is 5.69 Å². The fourth-order valence-electron chi connectivity index (χ4n) is 2.63. The molecule has 0 amide bonds. The summed E-state index contributed by atoms with van der Waals surface area (Å²) in [5.41, 5.74) is 2.34. The quantitative estimate of drug-likeness (QED) is 0.206. The second-order valence-corrected chi connectivity index (χ2v) is 9.05. The summed E-state index contributed by atoms with van der Waals surface area (Å²) in [6.07, 6.45) is 0. The van der Waals surface area contributed by atoms with Crippen molar-refractivity contribution in [3.8, 4) is 0 Å². The molecule has 11 heteroatoms. The third kappa shape index (κ3) is 10.5. The van der Waals surface area contributed by atoms with Gasteiger partial charge in [-0.3, -0.25) is 4.99 Å². The molecule has 0 spiro atoms. The summed E-state index contributed by atoms with van der Waals surface area (Å²) in [7, 11) is 0.295. The lowest BCUT2D eigenvalue weighted by atomic mass is 10.3. The van der Waals surface area contributed by atoms with E-state index < -0.39 is 10.0 Å². The zero-order valence-electron chi connectivity index (χ0n) is 19.7. The van der Waals surface area contributed by atoms with Gasteiger partial charge in [-0.2, -0.15) is 10.2 Å². The van der Waals surface area contributed by atoms with Gasteiger partial charge in [0.15, 0.2) is 0 Å². The Bertz CT molecular complexity index is 980. The number of anilines is 1. The summed E-state index contributed by atoms with van der Waals surface area (Å²) in [6.45, 7) is 6.59. The molecule has 0 bridgehead atoms. The third-order valence-electron chi connectivity index (χ3n) is 4.47. The average molecular weight is 492 g/mol. The van der Waals surface area contributed by atoms with E-state index in [2.05, 4.69) is 26.7 Å². The molecule has 1 N–H and O–H groups in total. The number of aliphatic imine (C=N–C) groups is 1. The number of nitrogens with zero attached hydrogens (tertiary/aromatic N) is 4. The highest BCUT2D eigenvalue weighted by atomic mass is 32.2. The number of hydrogen-bond acceptors (Lipinski definition) is 9. The molecule has 186 valence electrons. The second kappa shape index (κ2) is 15.3. The Hall–Kier alpha value is -2.70. The fourth-order valence-corrected chi connectivity index (χ4v) is 3.64. The van der Waals surface area contributed by atoms with Crippen LogP contribution in [-0.4, -0.2) is 82.0 Å². The van der Waals surface area contributed by atoms with Crippen molar-refractivity contribution in [3.63, 3.8) is 0 Å². The van der Waals surface area contributed by atoms with Gasteiger partial charge >= 0.3 is 0 Å². The lowest BCUT2D eigenvalue weighted by Crippen LogP contribution is -2.27. The number of ether oxygens (including phenoxy) is 3. The highest BCUT2D eigenvalue weighted by molar-refractivity contribution is 7.89. The molecule has 2 aromatic rings. The van der Waals surface area contributed by atoms with Crippen molar-refractivity contribution in [2.75, 3.05) is 71.7 Å². The van der Waals surface area contributed by atoms with E-state index in [9.17, 15) is 8.42 Å². The van der Waals surface area contributed by atoms with E-state index in [-0.39, 0.29) is 18.0 Å². The molecule has 0 heterocycles. The van der Waals surface area contributed by atoms with Gasteiger partial charge in [0.05, 0.1) is 62.5 Å². The first-order chi connectivity index (χ1) is 16.4. The maximum Gasteiger partial charge on any atom is 0.240 e. The number of benzene rings is 2. The van der Waals surface area contributed by atoms with Crippen LogP contribution < -0.4 is 9.62 Å². The normalized spacial score (nSPS) is 11.7. The predicted molar refractivity (Wildman–Crippen MR) is 133 cm³/mol. The number of rotatable bonds is 17. The van der Waals surface area contributed by atoms with Crippen molar-refractivity contribution in [2.45, 2.75) is 4.90 Å². The van der Waals surface area contributed by atoms with E-state index in [4.69, 9.17) is 14.2 Å². The summed E-state index contributed by atoms with van der Waals surface area (Å²) >= 11 is 0. The maximum absolute atomic E-state index is 12.4. The minimum absolute atomic E-state index is 0.150. The van der Waals surface area contributed by atoms with Gasteiger partial charge in [0, 0.05) is 26.3 Å². The second-order valence-electron chi connectivity index (χ2n) is 7.29. The summed E-state index contributed by atoms with van der Waals surface area (Å²) in [4.78, 5) is 5.83. The van der Waals surface area contributed by atoms with Crippen LogP contribution in [0.5, 0.6) is 0 Å². The highest BCUT2D eigenvalue weighted by Crippen LogP contribution is 2.22.